The van der Waals surface area contributed by atoms with Gasteiger partial charge >= 0.3 is 0 Å². The minimum absolute atomic E-state index is 0.294. The molecule has 0 amide bonds. The first kappa shape index (κ1) is 13.3. The van der Waals surface area contributed by atoms with E-state index in [4.69, 9.17) is 0 Å². The van der Waals surface area contributed by atoms with Crippen LogP contribution in [0.2, 0.25) is 0 Å². The Hall–Kier alpha value is -1.68. The summed E-state index contributed by atoms with van der Waals surface area (Å²) in [5, 5.41) is 11.4. The molecule has 1 N–H and O–H groups in total. The van der Waals surface area contributed by atoms with Crippen LogP contribution in [0.15, 0.2) is 43.2 Å². The zero-order valence-corrected chi connectivity index (χ0v) is 11.7. The Morgan fingerprint density at radius 2 is 2.05 bits per heavy atom. The van der Waals surface area contributed by atoms with Gasteiger partial charge in [-0.3, -0.25) is 4.98 Å². The largest absolute Gasteiger partial charge is 0.383 e. The molecule has 0 spiro atoms. The summed E-state index contributed by atoms with van der Waals surface area (Å²) in [4.78, 5) is 8.27. The maximum Gasteiger partial charge on any atom is 0.112 e. The van der Waals surface area contributed by atoms with Crippen molar-refractivity contribution in [2.24, 2.45) is 5.92 Å². The van der Waals surface area contributed by atoms with Crippen molar-refractivity contribution in [2.45, 2.75) is 44.2 Å². The fourth-order valence-corrected chi connectivity index (χ4v) is 3.31. The van der Waals surface area contributed by atoms with E-state index in [0.717, 1.165) is 18.4 Å². The number of aromatic nitrogens is 3. The number of pyridine rings is 1. The van der Waals surface area contributed by atoms with Gasteiger partial charge in [0.1, 0.15) is 5.60 Å². The molecule has 0 bridgehead atoms. The fourth-order valence-electron chi connectivity index (χ4n) is 3.31. The van der Waals surface area contributed by atoms with E-state index in [0.29, 0.717) is 12.5 Å². The topological polar surface area (TPSA) is 50.9 Å². The maximum atomic E-state index is 11.4. The Kier molecular flexibility index (Phi) is 3.83. The average Bonchev–Trinajstić information content (AvgIpc) is 3.02. The number of nitrogens with zero attached hydrogens (tertiary/aromatic N) is 3. The molecule has 20 heavy (non-hydrogen) atoms. The highest BCUT2D eigenvalue weighted by atomic mass is 16.3. The van der Waals surface area contributed by atoms with Gasteiger partial charge in [0.15, 0.2) is 0 Å². The van der Waals surface area contributed by atoms with E-state index in [2.05, 4.69) is 9.97 Å². The first-order valence-corrected chi connectivity index (χ1v) is 7.38. The van der Waals surface area contributed by atoms with E-state index >= 15 is 0 Å². The van der Waals surface area contributed by atoms with E-state index < -0.39 is 5.60 Å². The molecule has 2 heterocycles. The van der Waals surface area contributed by atoms with Gasteiger partial charge in [-0.05, 0) is 24.8 Å². The van der Waals surface area contributed by atoms with Crippen molar-refractivity contribution in [3.05, 3.63) is 48.8 Å². The van der Waals surface area contributed by atoms with Crippen molar-refractivity contribution in [2.75, 3.05) is 0 Å². The number of hydrogen-bond acceptors (Lipinski definition) is 3. The van der Waals surface area contributed by atoms with Gasteiger partial charge in [0.25, 0.3) is 0 Å². The van der Waals surface area contributed by atoms with Crippen molar-refractivity contribution in [1.82, 2.24) is 14.5 Å². The van der Waals surface area contributed by atoms with E-state index in [-0.39, 0.29) is 0 Å². The lowest BCUT2D eigenvalue weighted by Crippen LogP contribution is -2.40. The van der Waals surface area contributed by atoms with Crippen molar-refractivity contribution in [3.63, 3.8) is 0 Å². The van der Waals surface area contributed by atoms with Crippen molar-refractivity contribution in [3.8, 4) is 0 Å². The van der Waals surface area contributed by atoms with Gasteiger partial charge in [0.05, 0.1) is 12.9 Å². The Balaban J connectivity index is 1.93. The summed E-state index contributed by atoms with van der Waals surface area (Å²) in [6, 6.07) is 3.88. The molecule has 0 aliphatic heterocycles. The predicted octanol–water partition coefficient (Wildman–Crippen LogP) is 2.75. The number of hydrogen-bond donors (Lipinski definition) is 1. The van der Waals surface area contributed by atoms with Crippen LogP contribution in [0.3, 0.4) is 0 Å². The van der Waals surface area contributed by atoms with Crippen LogP contribution < -0.4 is 0 Å². The molecule has 2 aromatic heterocycles. The first-order chi connectivity index (χ1) is 9.79. The molecule has 1 unspecified atom stereocenters. The van der Waals surface area contributed by atoms with Crippen LogP contribution in [0.25, 0.3) is 0 Å². The lowest BCUT2D eigenvalue weighted by atomic mass is 9.73. The van der Waals surface area contributed by atoms with E-state index in [1.807, 2.05) is 22.9 Å². The molecule has 1 atom stereocenters. The molecule has 1 saturated carbocycles. The highest BCUT2D eigenvalue weighted by Gasteiger charge is 2.39. The van der Waals surface area contributed by atoms with Crippen molar-refractivity contribution < 1.29 is 5.11 Å². The molecule has 0 saturated heterocycles. The molecule has 1 aliphatic carbocycles. The lowest BCUT2D eigenvalue weighted by molar-refractivity contribution is -0.0535. The Morgan fingerprint density at radius 3 is 2.70 bits per heavy atom. The average molecular weight is 271 g/mol. The molecule has 4 heteroatoms. The number of rotatable bonds is 4. The van der Waals surface area contributed by atoms with Crippen LogP contribution in [0.5, 0.6) is 0 Å². The Bertz CT molecular complexity index is 520. The summed E-state index contributed by atoms with van der Waals surface area (Å²) >= 11 is 0. The van der Waals surface area contributed by atoms with Crippen LogP contribution in [-0.2, 0) is 12.1 Å². The molecule has 1 fully saturated rings. The van der Waals surface area contributed by atoms with E-state index in [1.54, 1.807) is 24.9 Å². The van der Waals surface area contributed by atoms with Crippen LogP contribution in [0, 0.1) is 5.92 Å². The smallest absolute Gasteiger partial charge is 0.112 e. The summed E-state index contributed by atoms with van der Waals surface area (Å²) < 4.78 is 1.96. The van der Waals surface area contributed by atoms with Crippen molar-refractivity contribution >= 4 is 0 Å². The molecule has 1 aliphatic rings. The zero-order valence-electron chi connectivity index (χ0n) is 11.7. The van der Waals surface area contributed by atoms with Gasteiger partial charge in [0.2, 0.25) is 0 Å². The van der Waals surface area contributed by atoms with Gasteiger partial charge < -0.3 is 9.67 Å². The quantitative estimate of drug-likeness (QED) is 0.930. The van der Waals surface area contributed by atoms with Gasteiger partial charge in [-0.15, -0.1) is 0 Å². The third kappa shape index (κ3) is 2.61. The minimum atomic E-state index is -0.852. The second kappa shape index (κ2) is 5.75. The van der Waals surface area contributed by atoms with Crippen LogP contribution >= 0.6 is 0 Å². The minimum Gasteiger partial charge on any atom is -0.383 e. The second-order valence-corrected chi connectivity index (χ2v) is 5.74. The van der Waals surface area contributed by atoms with Crippen LogP contribution in [0.1, 0.15) is 37.7 Å². The standard InChI is InChI=1S/C16H21N3O/c20-16(12-19-10-9-18-13-19,14-5-2-1-3-6-14)15-7-4-8-17-11-15/h4,7-11,13-14,20H,1-3,5-6,12H2. The highest BCUT2D eigenvalue weighted by Crippen LogP contribution is 2.40. The third-order valence-electron chi connectivity index (χ3n) is 4.42. The summed E-state index contributed by atoms with van der Waals surface area (Å²) in [7, 11) is 0. The summed E-state index contributed by atoms with van der Waals surface area (Å²) in [5.74, 6) is 0.294. The molecule has 4 nitrogen and oxygen atoms in total. The number of aliphatic hydroxyl groups is 1. The molecule has 0 radical (unpaired) electrons. The van der Waals surface area contributed by atoms with Crippen molar-refractivity contribution in [1.29, 1.82) is 0 Å². The maximum absolute atomic E-state index is 11.4. The Labute approximate surface area is 119 Å². The second-order valence-electron chi connectivity index (χ2n) is 5.74. The molecule has 0 aromatic carbocycles. The number of imidazole rings is 1. The zero-order chi connectivity index (χ0) is 13.8. The first-order valence-electron chi connectivity index (χ1n) is 7.38. The molecule has 2 aromatic rings. The SMILES string of the molecule is OC(Cn1ccnc1)(c1cccnc1)C1CCCCC1. The van der Waals surface area contributed by atoms with E-state index in [1.165, 1.54) is 19.3 Å². The molecular formula is C16H21N3O. The van der Waals surface area contributed by atoms with Gasteiger partial charge in [0, 0.05) is 30.4 Å². The monoisotopic (exact) mass is 271 g/mol. The summed E-state index contributed by atoms with van der Waals surface area (Å²) in [6.07, 6.45) is 14.8. The summed E-state index contributed by atoms with van der Waals surface area (Å²) in [5.41, 5.74) is 0.0654. The molecular weight excluding hydrogens is 250 g/mol. The normalized spacial score (nSPS) is 19.6. The fraction of sp³-hybridized carbons (Fsp3) is 0.500. The molecule has 106 valence electrons. The van der Waals surface area contributed by atoms with Crippen LogP contribution in [0.4, 0.5) is 0 Å². The van der Waals surface area contributed by atoms with E-state index in [9.17, 15) is 5.11 Å². The lowest BCUT2D eigenvalue weighted by Gasteiger charge is -2.39. The molecule has 3 rings (SSSR count). The predicted molar refractivity (Wildman–Crippen MR) is 76.9 cm³/mol. The highest BCUT2D eigenvalue weighted by molar-refractivity contribution is 5.19. The van der Waals surface area contributed by atoms with Gasteiger partial charge in [-0.25, -0.2) is 4.98 Å². The Morgan fingerprint density at radius 1 is 1.20 bits per heavy atom. The van der Waals surface area contributed by atoms with Gasteiger partial charge in [-0.2, -0.15) is 0 Å². The van der Waals surface area contributed by atoms with Gasteiger partial charge in [-0.1, -0.05) is 25.3 Å². The van der Waals surface area contributed by atoms with Crippen LogP contribution in [-0.4, -0.2) is 19.6 Å². The summed E-state index contributed by atoms with van der Waals surface area (Å²) in [6.45, 7) is 0.545. The third-order valence-corrected chi connectivity index (χ3v) is 4.42.